The van der Waals surface area contributed by atoms with Crippen molar-refractivity contribution in [2.24, 2.45) is 0 Å². The topological polar surface area (TPSA) is 60.8 Å². The number of likely N-dealkylation sites (N-methyl/N-ethyl adjacent to an activating group) is 1. The minimum Gasteiger partial charge on any atom is -0.489 e. The van der Waals surface area contributed by atoms with Gasteiger partial charge >= 0.3 is 5.97 Å². The summed E-state index contributed by atoms with van der Waals surface area (Å²) in [7, 11) is 1.86. The number of ether oxygens (including phenoxy) is 2. The van der Waals surface area contributed by atoms with Crippen LogP contribution >= 0.6 is 0 Å². The van der Waals surface area contributed by atoms with Gasteiger partial charge in [0, 0.05) is 36.8 Å². The Balaban J connectivity index is 1.52. The van der Waals surface area contributed by atoms with E-state index in [1.807, 2.05) is 79.2 Å². The van der Waals surface area contributed by atoms with Crippen molar-refractivity contribution in [3.05, 3.63) is 113 Å². The predicted molar refractivity (Wildman–Crippen MR) is 159 cm³/mol. The number of hydrogen-bond donors (Lipinski definition) is 0. The van der Waals surface area contributed by atoms with Crippen LogP contribution in [0.3, 0.4) is 0 Å². The Hall–Kier alpha value is -4.32. The summed E-state index contributed by atoms with van der Waals surface area (Å²) in [4.78, 5) is 26.9. The molecule has 0 saturated heterocycles. The Morgan fingerprint density at radius 3 is 2.33 bits per heavy atom. The van der Waals surface area contributed by atoms with Gasteiger partial charge in [0.15, 0.2) is 0 Å². The van der Waals surface area contributed by atoms with Crippen molar-refractivity contribution in [1.29, 1.82) is 0 Å². The average molecular weight is 539 g/mol. The Morgan fingerprint density at radius 1 is 0.925 bits per heavy atom. The molecule has 6 heteroatoms. The fourth-order valence-electron chi connectivity index (χ4n) is 4.63. The number of benzene rings is 3. The van der Waals surface area contributed by atoms with Crippen LogP contribution in [0.4, 0.5) is 0 Å². The molecule has 0 N–H and O–H groups in total. The van der Waals surface area contributed by atoms with Crippen LogP contribution in [0, 0.1) is 0 Å². The smallest absolute Gasteiger partial charge is 0.330 e. The number of esters is 1. The first-order valence-electron chi connectivity index (χ1n) is 13.8. The van der Waals surface area contributed by atoms with E-state index in [0.29, 0.717) is 26.2 Å². The van der Waals surface area contributed by atoms with Crippen LogP contribution in [0.15, 0.2) is 96.7 Å². The first-order valence-corrected chi connectivity index (χ1v) is 13.8. The van der Waals surface area contributed by atoms with Crippen LogP contribution in [-0.4, -0.2) is 41.5 Å². The second kappa shape index (κ2) is 14.2. The van der Waals surface area contributed by atoms with Gasteiger partial charge in [-0.2, -0.15) is 0 Å². The summed E-state index contributed by atoms with van der Waals surface area (Å²) in [6.07, 6.45) is 5.87. The SMILES string of the molecule is CCOC(=O)C=C(C)CCc1cn(CC(=O)N(C)CCc2ccccc2)c2ccc(OCc3ccccc3)cc12. The predicted octanol–water partition coefficient (Wildman–Crippen LogP) is 6.36. The zero-order chi connectivity index (χ0) is 28.3. The van der Waals surface area contributed by atoms with Crippen molar-refractivity contribution in [2.75, 3.05) is 20.2 Å². The molecular weight excluding hydrogens is 500 g/mol. The third-order valence-corrected chi connectivity index (χ3v) is 6.93. The highest BCUT2D eigenvalue weighted by atomic mass is 16.5. The molecule has 0 atom stereocenters. The number of aryl methyl sites for hydroxylation is 1. The second-order valence-electron chi connectivity index (χ2n) is 10.0. The van der Waals surface area contributed by atoms with E-state index in [0.717, 1.165) is 46.2 Å². The first kappa shape index (κ1) is 28.7. The molecule has 0 aliphatic heterocycles. The lowest BCUT2D eigenvalue weighted by molar-refractivity contribution is -0.137. The van der Waals surface area contributed by atoms with Crippen LogP contribution in [0.25, 0.3) is 10.9 Å². The fourth-order valence-corrected chi connectivity index (χ4v) is 4.63. The Morgan fingerprint density at radius 2 is 1.62 bits per heavy atom. The molecule has 6 nitrogen and oxygen atoms in total. The van der Waals surface area contributed by atoms with Crippen LogP contribution < -0.4 is 4.74 Å². The van der Waals surface area contributed by atoms with E-state index in [1.165, 1.54) is 5.56 Å². The molecule has 0 radical (unpaired) electrons. The summed E-state index contributed by atoms with van der Waals surface area (Å²) in [6.45, 7) is 5.49. The molecule has 208 valence electrons. The van der Waals surface area contributed by atoms with Crippen molar-refractivity contribution < 1.29 is 19.1 Å². The Bertz CT molecular complexity index is 1440. The van der Waals surface area contributed by atoms with E-state index in [1.54, 1.807) is 17.9 Å². The van der Waals surface area contributed by atoms with E-state index in [-0.39, 0.29) is 18.4 Å². The molecule has 4 aromatic rings. The fraction of sp³-hybridized carbons (Fsp3) is 0.294. The highest BCUT2D eigenvalue weighted by Crippen LogP contribution is 2.28. The van der Waals surface area contributed by atoms with Gasteiger partial charge in [0.1, 0.15) is 18.9 Å². The molecule has 0 aliphatic rings. The number of fused-ring (bicyclic) bond motifs is 1. The van der Waals surface area contributed by atoms with Gasteiger partial charge in [0.05, 0.1) is 6.61 Å². The zero-order valence-electron chi connectivity index (χ0n) is 23.6. The van der Waals surface area contributed by atoms with Gasteiger partial charge in [-0.1, -0.05) is 66.2 Å². The van der Waals surface area contributed by atoms with Crippen molar-refractivity contribution in [1.82, 2.24) is 9.47 Å². The van der Waals surface area contributed by atoms with Gasteiger partial charge in [-0.05, 0) is 68.0 Å². The Kier molecular flexibility index (Phi) is 10.2. The number of rotatable bonds is 13. The van der Waals surface area contributed by atoms with Gasteiger partial charge < -0.3 is 18.9 Å². The average Bonchev–Trinajstić information content (AvgIpc) is 3.31. The van der Waals surface area contributed by atoms with Crippen molar-refractivity contribution in [3.63, 3.8) is 0 Å². The van der Waals surface area contributed by atoms with Crippen LogP contribution in [-0.2, 0) is 40.3 Å². The molecule has 1 amide bonds. The van der Waals surface area contributed by atoms with Gasteiger partial charge in [0.2, 0.25) is 5.91 Å². The van der Waals surface area contributed by atoms with Gasteiger partial charge in [0.25, 0.3) is 0 Å². The maximum atomic E-state index is 13.2. The Labute approximate surface area is 236 Å². The lowest BCUT2D eigenvalue weighted by atomic mass is 10.0. The second-order valence-corrected chi connectivity index (χ2v) is 10.0. The van der Waals surface area contributed by atoms with Crippen molar-refractivity contribution in [3.8, 4) is 5.75 Å². The highest BCUT2D eigenvalue weighted by Gasteiger charge is 2.15. The molecule has 1 aromatic heterocycles. The van der Waals surface area contributed by atoms with Gasteiger partial charge in [-0.15, -0.1) is 0 Å². The number of allylic oxidation sites excluding steroid dienone is 1. The molecule has 0 spiro atoms. The number of aromatic nitrogens is 1. The number of hydrogen-bond acceptors (Lipinski definition) is 4. The molecule has 0 aliphatic carbocycles. The number of carbonyl (C=O) groups excluding carboxylic acids is 2. The molecule has 1 heterocycles. The maximum absolute atomic E-state index is 13.2. The monoisotopic (exact) mass is 538 g/mol. The van der Waals surface area contributed by atoms with Crippen molar-refractivity contribution in [2.45, 2.75) is 46.3 Å². The lowest BCUT2D eigenvalue weighted by Gasteiger charge is -2.18. The number of nitrogens with zero attached hydrogens (tertiary/aromatic N) is 2. The van der Waals surface area contributed by atoms with Crippen LogP contribution in [0.2, 0.25) is 0 Å². The summed E-state index contributed by atoms with van der Waals surface area (Å²) >= 11 is 0. The highest BCUT2D eigenvalue weighted by molar-refractivity contribution is 5.87. The van der Waals surface area contributed by atoms with Crippen LogP contribution in [0.5, 0.6) is 5.75 Å². The molecule has 3 aromatic carbocycles. The summed E-state index contributed by atoms with van der Waals surface area (Å²) < 4.78 is 13.2. The van der Waals surface area contributed by atoms with E-state index in [2.05, 4.69) is 24.4 Å². The third kappa shape index (κ3) is 8.09. The maximum Gasteiger partial charge on any atom is 0.330 e. The minimum atomic E-state index is -0.317. The summed E-state index contributed by atoms with van der Waals surface area (Å²) in [5.74, 6) is 0.519. The third-order valence-electron chi connectivity index (χ3n) is 6.93. The standard InChI is InChI=1S/C34H38N2O4/c1-4-39-34(38)21-26(2)15-16-29-23-36(24-33(37)35(3)20-19-27-11-7-5-8-12-27)32-18-17-30(22-31(29)32)40-25-28-13-9-6-10-14-28/h5-14,17-18,21-23H,4,15-16,19-20,24-25H2,1-3H3. The lowest BCUT2D eigenvalue weighted by Crippen LogP contribution is -2.31. The molecular formula is C34H38N2O4. The molecule has 4 rings (SSSR count). The van der Waals surface area contributed by atoms with E-state index < -0.39 is 0 Å². The van der Waals surface area contributed by atoms with E-state index in [4.69, 9.17) is 9.47 Å². The number of carbonyl (C=O) groups is 2. The number of amides is 1. The summed E-state index contributed by atoms with van der Waals surface area (Å²) in [5.41, 5.74) is 5.36. The van der Waals surface area contributed by atoms with Gasteiger partial charge in [-0.3, -0.25) is 4.79 Å². The van der Waals surface area contributed by atoms with E-state index >= 15 is 0 Å². The largest absolute Gasteiger partial charge is 0.489 e. The summed E-state index contributed by atoms with van der Waals surface area (Å²) in [5, 5.41) is 1.05. The molecule has 0 bridgehead atoms. The van der Waals surface area contributed by atoms with E-state index in [9.17, 15) is 9.59 Å². The first-order chi connectivity index (χ1) is 19.4. The normalized spacial score (nSPS) is 11.4. The quantitative estimate of drug-likeness (QED) is 0.147. The molecule has 0 saturated carbocycles. The zero-order valence-corrected chi connectivity index (χ0v) is 23.6. The molecule has 40 heavy (non-hydrogen) atoms. The minimum absolute atomic E-state index is 0.0576. The molecule has 0 unspecified atom stereocenters. The van der Waals surface area contributed by atoms with Crippen molar-refractivity contribution >= 4 is 22.8 Å². The van der Waals surface area contributed by atoms with Crippen LogP contribution in [0.1, 0.15) is 37.0 Å². The summed E-state index contributed by atoms with van der Waals surface area (Å²) in [6, 6.07) is 26.3. The van der Waals surface area contributed by atoms with Gasteiger partial charge in [-0.25, -0.2) is 4.79 Å². The molecule has 0 fully saturated rings.